The molecule has 0 radical (unpaired) electrons. The van der Waals surface area contributed by atoms with Gasteiger partial charge in [0.05, 0.1) is 0 Å². The number of rotatable bonds is 6. The first-order valence-corrected chi connectivity index (χ1v) is 9.38. The van der Waals surface area contributed by atoms with Gasteiger partial charge >= 0.3 is 0 Å². The lowest BCUT2D eigenvalue weighted by Gasteiger charge is -2.20. The van der Waals surface area contributed by atoms with E-state index in [1.165, 1.54) is 9.91 Å². The van der Waals surface area contributed by atoms with Crippen molar-refractivity contribution in [2.45, 2.75) is 13.3 Å². The lowest BCUT2D eigenvalue weighted by Crippen LogP contribution is -2.33. The number of carbonyl (C=O) groups excluding carboxylic acids is 2. The molecule has 0 bridgehead atoms. The average molecular weight is 442 g/mol. The molecule has 0 unspecified atom stereocenters. The number of hydrogen-bond donors (Lipinski definition) is 1. The lowest BCUT2D eigenvalue weighted by atomic mass is 9.94. The van der Waals surface area contributed by atoms with Crippen LogP contribution in [0, 0.1) is 11.8 Å². The second kappa shape index (κ2) is 8.68. The van der Waals surface area contributed by atoms with Crippen LogP contribution in [0.1, 0.15) is 12.5 Å². The van der Waals surface area contributed by atoms with Crippen LogP contribution in [0.3, 0.4) is 0 Å². The number of aryl methyl sites for hydroxylation is 1. The molecular formula is C18H22BrClN4O2. The molecule has 1 aromatic rings. The van der Waals surface area contributed by atoms with Crippen LogP contribution < -0.4 is 5.32 Å². The Bertz CT molecular complexity index is 752. The number of halogens is 2. The molecule has 6 nitrogen and oxygen atoms in total. The van der Waals surface area contributed by atoms with Gasteiger partial charge in [-0.2, -0.15) is 5.10 Å². The third-order valence-electron chi connectivity index (χ3n) is 4.47. The maximum absolute atomic E-state index is 12.9. The number of hydrogen-bond acceptors (Lipinski definition) is 4. The maximum atomic E-state index is 12.9. The Morgan fingerprint density at radius 1 is 1.50 bits per heavy atom. The van der Waals surface area contributed by atoms with Gasteiger partial charge in [-0.05, 0) is 18.1 Å². The van der Waals surface area contributed by atoms with E-state index in [-0.39, 0.29) is 11.8 Å². The molecule has 1 fully saturated rings. The summed E-state index contributed by atoms with van der Waals surface area (Å²) >= 11 is 9.75. The van der Waals surface area contributed by atoms with Gasteiger partial charge in [-0.15, -0.1) is 0 Å². The number of para-hydroxylation sites is 1. The van der Waals surface area contributed by atoms with Crippen molar-refractivity contribution < 1.29 is 9.59 Å². The minimum Gasteiger partial charge on any atom is -0.344 e. The summed E-state index contributed by atoms with van der Waals surface area (Å²) < 4.78 is 0.552. The second-order valence-electron chi connectivity index (χ2n) is 6.11. The van der Waals surface area contributed by atoms with E-state index in [0.29, 0.717) is 16.2 Å². The fourth-order valence-corrected chi connectivity index (χ4v) is 3.81. The number of hydrazone groups is 1. The number of anilines is 1. The summed E-state index contributed by atoms with van der Waals surface area (Å²) in [6.45, 7) is 5.83. The highest BCUT2D eigenvalue weighted by atomic mass is 79.9. The summed E-state index contributed by atoms with van der Waals surface area (Å²) in [6.07, 6.45) is 0.781. The van der Waals surface area contributed by atoms with Crippen molar-refractivity contribution in [1.29, 1.82) is 0 Å². The second-order valence-corrected chi connectivity index (χ2v) is 7.32. The van der Waals surface area contributed by atoms with Gasteiger partial charge in [0.2, 0.25) is 11.8 Å². The molecule has 2 amide bonds. The van der Waals surface area contributed by atoms with E-state index in [4.69, 9.17) is 11.6 Å². The van der Waals surface area contributed by atoms with Gasteiger partial charge in [0.1, 0.15) is 11.1 Å². The Morgan fingerprint density at radius 3 is 2.77 bits per heavy atom. The summed E-state index contributed by atoms with van der Waals surface area (Å²) in [5.41, 5.74) is 1.73. The van der Waals surface area contributed by atoms with E-state index >= 15 is 0 Å². The van der Waals surface area contributed by atoms with E-state index in [2.05, 4.69) is 33.1 Å². The molecule has 1 heterocycles. The van der Waals surface area contributed by atoms with Gasteiger partial charge in [-0.1, -0.05) is 52.7 Å². The molecule has 1 saturated heterocycles. The quantitative estimate of drug-likeness (QED) is 0.319. The summed E-state index contributed by atoms with van der Waals surface area (Å²) in [5, 5.41) is 8.32. The topological polar surface area (TPSA) is 65.0 Å². The van der Waals surface area contributed by atoms with E-state index in [0.717, 1.165) is 17.7 Å². The highest BCUT2D eigenvalue weighted by Gasteiger charge is 2.45. The smallest absolute Gasteiger partial charge is 0.237 e. The molecule has 1 aromatic carbocycles. The fraction of sp³-hybridized carbons (Fsp3) is 0.389. The third-order valence-corrected chi connectivity index (χ3v) is 6.11. The Hall–Kier alpha value is -1.86. The van der Waals surface area contributed by atoms with Gasteiger partial charge in [-0.3, -0.25) is 14.6 Å². The normalized spacial score (nSPS) is 20.7. The van der Waals surface area contributed by atoms with Crippen molar-refractivity contribution in [3.05, 3.63) is 39.5 Å². The van der Waals surface area contributed by atoms with Crippen molar-refractivity contribution in [3.63, 3.8) is 0 Å². The standard InChI is InChI=1S/C18H22BrClN4O2/c1-5-11-8-6-7-9-13(11)22-17(25)14-12(10-23(3)18(14)26)15(19)16(20)24(4)21-2/h6-9,12,14H,2,5,10H2,1,3-4H3,(H,22,25)/b16-15-/t12-,14-/m0/s1. The Morgan fingerprint density at radius 2 is 2.15 bits per heavy atom. The molecule has 0 saturated carbocycles. The number of carbonyl (C=O) groups is 2. The maximum Gasteiger partial charge on any atom is 0.237 e. The van der Waals surface area contributed by atoms with Crippen LogP contribution in [-0.4, -0.2) is 49.1 Å². The Labute approximate surface area is 167 Å². The first-order chi connectivity index (χ1) is 12.3. The van der Waals surface area contributed by atoms with Crippen LogP contribution in [0.4, 0.5) is 5.69 Å². The first kappa shape index (κ1) is 20.5. The summed E-state index contributed by atoms with van der Waals surface area (Å²) in [6, 6.07) is 7.56. The van der Waals surface area contributed by atoms with Crippen LogP contribution in [0.15, 0.2) is 39.0 Å². The van der Waals surface area contributed by atoms with Crippen molar-refractivity contribution >= 4 is 51.8 Å². The van der Waals surface area contributed by atoms with E-state index < -0.39 is 11.8 Å². The Kier molecular flexibility index (Phi) is 6.83. The predicted molar refractivity (Wildman–Crippen MR) is 108 cm³/mol. The number of likely N-dealkylation sites (tertiary alicyclic amines) is 1. The molecule has 2 rings (SSSR count). The van der Waals surface area contributed by atoms with Gasteiger partial charge in [0, 0.05) is 43.4 Å². The molecular weight excluding hydrogens is 420 g/mol. The molecule has 26 heavy (non-hydrogen) atoms. The molecule has 0 aliphatic carbocycles. The van der Waals surface area contributed by atoms with Crippen molar-refractivity contribution in [2.24, 2.45) is 16.9 Å². The van der Waals surface area contributed by atoms with Crippen molar-refractivity contribution in [1.82, 2.24) is 9.91 Å². The highest BCUT2D eigenvalue weighted by molar-refractivity contribution is 9.11. The van der Waals surface area contributed by atoms with Crippen LogP contribution in [0.2, 0.25) is 0 Å². The zero-order chi connectivity index (χ0) is 19.4. The van der Waals surface area contributed by atoms with Crippen molar-refractivity contribution in [2.75, 3.05) is 26.0 Å². The monoisotopic (exact) mass is 440 g/mol. The van der Waals surface area contributed by atoms with Gasteiger partial charge in [-0.25, -0.2) is 0 Å². The molecule has 1 N–H and O–H groups in total. The number of nitrogens with zero attached hydrogens (tertiary/aromatic N) is 3. The summed E-state index contributed by atoms with van der Waals surface area (Å²) in [7, 11) is 3.32. The Balaban J connectivity index is 2.33. The van der Waals surface area contributed by atoms with E-state index in [1.807, 2.05) is 31.2 Å². The van der Waals surface area contributed by atoms with Crippen molar-refractivity contribution in [3.8, 4) is 0 Å². The zero-order valence-electron chi connectivity index (χ0n) is 15.0. The molecule has 140 valence electrons. The minimum absolute atomic E-state index is 0.239. The average Bonchev–Trinajstić information content (AvgIpc) is 2.95. The molecule has 8 heteroatoms. The largest absolute Gasteiger partial charge is 0.344 e. The van der Waals surface area contributed by atoms with E-state index in [1.54, 1.807) is 14.1 Å². The molecule has 0 spiro atoms. The highest BCUT2D eigenvalue weighted by Crippen LogP contribution is 2.37. The zero-order valence-corrected chi connectivity index (χ0v) is 17.3. The van der Waals surface area contributed by atoms with Gasteiger partial charge in [0.25, 0.3) is 0 Å². The predicted octanol–water partition coefficient (Wildman–Crippen LogP) is 3.24. The molecule has 2 atom stereocenters. The SMILES string of the molecule is C=NN(C)/C(Cl)=C(\Br)[C@H]1CN(C)C(=O)[C@@H]1C(=O)Nc1ccccc1CC. The van der Waals surface area contributed by atoms with Crippen LogP contribution in [0.25, 0.3) is 0 Å². The number of amides is 2. The van der Waals surface area contributed by atoms with Gasteiger partial charge in [0.15, 0.2) is 0 Å². The summed E-state index contributed by atoms with van der Waals surface area (Å²) in [5.74, 6) is -1.86. The number of nitrogens with one attached hydrogen (secondary N) is 1. The molecule has 1 aliphatic heterocycles. The van der Waals surface area contributed by atoms with Crippen LogP contribution in [0.5, 0.6) is 0 Å². The first-order valence-electron chi connectivity index (χ1n) is 8.21. The lowest BCUT2D eigenvalue weighted by molar-refractivity contribution is -0.135. The molecule has 0 aromatic heterocycles. The molecule has 1 aliphatic rings. The van der Waals surface area contributed by atoms with Crippen LogP contribution >= 0.6 is 27.5 Å². The minimum atomic E-state index is -0.869. The summed E-state index contributed by atoms with van der Waals surface area (Å²) in [4.78, 5) is 27.1. The van der Waals surface area contributed by atoms with Crippen LogP contribution in [-0.2, 0) is 16.0 Å². The number of benzene rings is 1. The third kappa shape index (κ3) is 4.10. The van der Waals surface area contributed by atoms with Gasteiger partial charge < -0.3 is 10.2 Å². The fourth-order valence-electron chi connectivity index (χ4n) is 2.95. The van der Waals surface area contributed by atoms with E-state index in [9.17, 15) is 9.59 Å².